The summed E-state index contributed by atoms with van der Waals surface area (Å²) in [5.74, 6) is -1.02. The van der Waals surface area contributed by atoms with E-state index in [0.29, 0.717) is 44.7 Å². The first kappa shape index (κ1) is 27.7. The van der Waals surface area contributed by atoms with Crippen molar-refractivity contribution in [1.82, 2.24) is 15.2 Å². The Morgan fingerprint density at radius 1 is 1.13 bits per heavy atom. The molecule has 2 saturated heterocycles. The third-order valence-electron chi connectivity index (χ3n) is 6.59. The van der Waals surface area contributed by atoms with E-state index in [2.05, 4.69) is 15.6 Å². The molecule has 0 radical (unpaired) electrons. The average molecular weight is 554 g/mol. The number of anilines is 2. The molecule has 2 fully saturated rings. The van der Waals surface area contributed by atoms with E-state index in [0.717, 1.165) is 30.0 Å². The summed E-state index contributed by atoms with van der Waals surface area (Å²) >= 11 is 1.32. The molecule has 0 bridgehead atoms. The molecule has 13 heteroatoms. The van der Waals surface area contributed by atoms with Crippen LogP contribution in [0.1, 0.15) is 59.6 Å². The number of thiazole rings is 1. The van der Waals surface area contributed by atoms with Crippen LogP contribution in [-0.2, 0) is 15.7 Å². The lowest BCUT2D eigenvalue weighted by Crippen LogP contribution is -2.45. The highest BCUT2D eigenvalue weighted by Crippen LogP contribution is 2.37. The maximum Gasteiger partial charge on any atom is 0.416 e. The fourth-order valence-corrected chi connectivity index (χ4v) is 5.58. The molecule has 2 aliphatic rings. The first-order valence-electron chi connectivity index (χ1n) is 12.6. The van der Waals surface area contributed by atoms with Crippen LogP contribution < -0.4 is 15.5 Å². The zero-order valence-corrected chi connectivity index (χ0v) is 21.8. The second-order valence-electron chi connectivity index (χ2n) is 9.17. The van der Waals surface area contributed by atoms with Crippen LogP contribution in [0.25, 0.3) is 0 Å². The van der Waals surface area contributed by atoms with Gasteiger partial charge in [-0.3, -0.25) is 9.59 Å². The number of carbonyl (C=O) groups excluding carboxylic acids is 3. The molecule has 2 N–H and O–H groups in total. The summed E-state index contributed by atoms with van der Waals surface area (Å²) in [4.78, 5) is 44.8. The fraction of sp³-hybridized carbons (Fsp3) is 0.520. The number of piperidine rings is 1. The Hall–Kier alpha value is -3.35. The van der Waals surface area contributed by atoms with E-state index in [1.165, 1.54) is 17.4 Å². The average Bonchev–Trinajstić information content (AvgIpc) is 3.60. The van der Waals surface area contributed by atoms with Gasteiger partial charge in [0.2, 0.25) is 0 Å². The smallest absolute Gasteiger partial charge is 0.416 e. The van der Waals surface area contributed by atoms with Crippen molar-refractivity contribution in [3.8, 4) is 0 Å². The second-order valence-corrected chi connectivity index (χ2v) is 10.1. The molecule has 2 aromatic rings. The number of amides is 3. The first-order valence-corrected chi connectivity index (χ1v) is 13.4. The molecule has 9 nitrogen and oxygen atoms in total. The molecule has 3 amide bonds. The summed E-state index contributed by atoms with van der Waals surface area (Å²) in [7, 11) is 0. The molecule has 206 valence electrons. The van der Waals surface area contributed by atoms with Gasteiger partial charge in [-0.05, 0) is 50.8 Å². The molecule has 0 atom stereocenters. The molecule has 2 aliphatic heterocycles. The summed E-state index contributed by atoms with van der Waals surface area (Å²) in [6, 6.07) is 3.08. The van der Waals surface area contributed by atoms with Crippen molar-refractivity contribution >= 4 is 40.6 Å². The molecule has 3 heterocycles. The summed E-state index contributed by atoms with van der Waals surface area (Å²) in [6.07, 6.45) is -1.38. The Morgan fingerprint density at radius 2 is 1.84 bits per heavy atom. The summed E-state index contributed by atoms with van der Waals surface area (Å²) in [6.45, 7) is 4.10. The number of ether oxygens (including phenoxy) is 1. The largest absolute Gasteiger partial charge is 0.465 e. The van der Waals surface area contributed by atoms with Gasteiger partial charge < -0.3 is 25.2 Å². The number of urea groups is 1. The van der Waals surface area contributed by atoms with E-state index in [9.17, 15) is 27.6 Å². The summed E-state index contributed by atoms with van der Waals surface area (Å²) < 4.78 is 44.8. The minimum Gasteiger partial charge on any atom is -0.465 e. The lowest BCUT2D eigenvalue weighted by Gasteiger charge is -2.31. The standard InChI is InChI=1S/C25H30F3N5O4S/c1-2-37-21(34)14-29-24(36)33-11-7-16(8-12-33)23-31-19(15-38-23)22(35)30-18-13-17(25(26,27)28)5-6-20(18)32-9-3-4-10-32/h5-6,13,15-16H,2-4,7-12,14H2,1H3,(H,29,36)(H,30,35). The summed E-state index contributed by atoms with van der Waals surface area (Å²) in [5, 5.41) is 7.54. The van der Waals surface area contributed by atoms with Crippen molar-refractivity contribution in [2.75, 3.05) is 49.5 Å². The van der Waals surface area contributed by atoms with Gasteiger partial charge in [-0.2, -0.15) is 13.2 Å². The van der Waals surface area contributed by atoms with Crippen LogP contribution in [0.3, 0.4) is 0 Å². The number of hydrogen-bond acceptors (Lipinski definition) is 7. The van der Waals surface area contributed by atoms with Gasteiger partial charge in [-0.1, -0.05) is 0 Å². The van der Waals surface area contributed by atoms with Gasteiger partial charge in [-0.25, -0.2) is 9.78 Å². The van der Waals surface area contributed by atoms with E-state index in [-0.39, 0.29) is 36.5 Å². The van der Waals surface area contributed by atoms with E-state index in [1.807, 2.05) is 4.90 Å². The van der Waals surface area contributed by atoms with Crippen LogP contribution >= 0.6 is 11.3 Å². The fourth-order valence-electron chi connectivity index (χ4n) is 4.61. The molecule has 1 aromatic carbocycles. The number of likely N-dealkylation sites (tertiary alicyclic amines) is 1. The highest BCUT2D eigenvalue weighted by atomic mass is 32.1. The number of rotatable bonds is 7. The van der Waals surface area contributed by atoms with Crippen LogP contribution in [0.2, 0.25) is 0 Å². The molecule has 0 aliphatic carbocycles. The predicted molar refractivity (Wildman–Crippen MR) is 137 cm³/mol. The number of carbonyl (C=O) groups is 3. The van der Waals surface area contributed by atoms with Crippen LogP contribution in [0.5, 0.6) is 0 Å². The van der Waals surface area contributed by atoms with Crippen LogP contribution in [0.15, 0.2) is 23.6 Å². The number of alkyl halides is 3. The third kappa shape index (κ3) is 6.74. The number of halogens is 3. The number of esters is 1. The van der Waals surface area contributed by atoms with Gasteiger partial charge in [0, 0.05) is 37.5 Å². The number of hydrogen-bond donors (Lipinski definition) is 2. The molecule has 0 spiro atoms. The van der Waals surface area contributed by atoms with E-state index in [1.54, 1.807) is 17.2 Å². The van der Waals surface area contributed by atoms with Gasteiger partial charge >= 0.3 is 18.2 Å². The topological polar surface area (TPSA) is 104 Å². The van der Waals surface area contributed by atoms with Crippen LogP contribution in [0, 0.1) is 0 Å². The summed E-state index contributed by atoms with van der Waals surface area (Å²) in [5.41, 5.74) is -0.00604. The molecule has 4 rings (SSSR count). The molecule has 0 saturated carbocycles. The van der Waals surface area contributed by atoms with Gasteiger partial charge in [-0.15, -0.1) is 11.3 Å². The SMILES string of the molecule is CCOC(=O)CNC(=O)N1CCC(c2nc(C(=O)Nc3cc(C(F)(F)F)ccc3N3CCCC3)cs2)CC1. The molecule has 38 heavy (non-hydrogen) atoms. The predicted octanol–water partition coefficient (Wildman–Crippen LogP) is 4.47. The minimum absolute atomic E-state index is 0.0457. The van der Waals surface area contributed by atoms with Crippen LogP contribution in [-0.4, -0.2) is 67.1 Å². The highest BCUT2D eigenvalue weighted by molar-refractivity contribution is 7.10. The molecule has 1 aromatic heterocycles. The molecule has 0 unspecified atom stereocenters. The van der Waals surface area contributed by atoms with Gasteiger partial charge in [0.25, 0.3) is 5.91 Å². The van der Waals surface area contributed by atoms with Crippen molar-refractivity contribution in [2.45, 2.75) is 44.7 Å². The van der Waals surface area contributed by atoms with E-state index in [4.69, 9.17) is 4.74 Å². The normalized spacial score (nSPS) is 16.4. The second kappa shape index (κ2) is 12.0. The Morgan fingerprint density at radius 3 is 2.50 bits per heavy atom. The molecular formula is C25H30F3N5O4S. The van der Waals surface area contributed by atoms with E-state index >= 15 is 0 Å². The van der Waals surface area contributed by atoms with Crippen molar-refractivity contribution < 1.29 is 32.3 Å². The highest BCUT2D eigenvalue weighted by Gasteiger charge is 2.32. The van der Waals surface area contributed by atoms with Gasteiger partial charge in [0.1, 0.15) is 12.2 Å². The van der Waals surface area contributed by atoms with Crippen molar-refractivity contribution in [3.05, 3.63) is 39.8 Å². The molecular weight excluding hydrogens is 523 g/mol. The quantitative estimate of drug-likeness (QED) is 0.491. The Labute approximate surface area is 222 Å². The zero-order valence-electron chi connectivity index (χ0n) is 21.0. The Balaban J connectivity index is 1.37. The van der Waals surface area contributed by atoms with Crippen molar-refractivity contribution in [3.63, 3.8) is 0 Å². The number of benzene rings is 1. The van der Waals surface area contributed by atoms with Crippen molar-refractivity contribution in [1.29, 1.82) is 0 Å². The third-order valence-corrected chi connectivity index (χ3v) is 7.60. The number of nitrogens with zero attached hydrogens (tertiary/aromatic N) is 3. The monoisotopic (exact) mass is 553 g/mol. The maximum atomic E-state index is 13.3. The lowest BCUT2D eigenvalue weighted by molar-refractivity contribution is -0.142. The Kier molecular flexibility index (Phi) is 8.75. The van der Waals surface area contributed by atoms with E-state index < -0.39 is 23.6 Å². The maximum absolute atomic E-state index is 13.3. The van der Waals surface area contributed by atoms with Gasteiger partial charge in [0.15, 0.2) is 0 Å². The lowest BCUT2D eigenvalue weighted by atomic mass is 9.98. The van der Waals surface area contributed by atoms with Crippen LogP contribution in [0.4, 0.5) is 29.3 Å². The Bertz CT molecular complexity index is 1160. The number of nitrogens with one attached hydrogen (secondary N) is 2. The minimum atomic E-state index is -4.53. The zero-order chi connectivity index (χ0) is 27.3. The number of aromatic nitrogens is 1. The first-order chi connectivity index (χ1) is 18.2. The van der Waals surface area contributed by atoms with Crippen molar-refractivity contribution in [2.24, 2.45) is 0 Å². The van der Waals surface area contributed by atoms with Gasteiger partial charge in [0.05, 0.1) is 28.6 Å².